The van der Waals surface area contributed by atoms with Crippen molar-refractivity contribution in [2.75, 3.05) is 7.11 Å². The highest BCUT2D eigenvalue weighted by molar-refractivity contribution is 6.03. The second-order valence-electron chi connectivity index (χ2n) is 2.57. The molecule has 13 heavy (non-hydrogen) atoms. The minimum Gasteiger partial charge on any atom is -0.465 e. The van der Waals surface area contributed by atoms with E-state index in [1.165, 1.54) is 7.11 Å². The molecule has 1 radical (unpaired) electrons. The fourth-order valence-corrected chi connectivity index (χ4v) is 1.21. The molecule has 0 amide bonds. The van der Waals surface area contributed by atoms with Crippen molar-refractivity contribution in [2.24, 2.45) is 5.10 Å². The van der Waals surface area contributed by atoms with Gasteiger partial charge in [-0.25, -0.2) is 4.79 Å². The minimum atomic E-state index is -0.361. The third kappa shape index (κ3) is 1.16. The van der Waals surface area contributed by atoms with Crippen LogP contribution in [0.2, 0.25) is 0 Å². The van der Waals surface area contributed by atoms with Crippen LogP contribution in [-0.4, -0.2) is 19.3 Å². The van der Waals surface area contributed by atoms with Gasteiger partial charge in [0.1, 0.15) is 0 Å². The van der Waals surface area contributed by atoms with Crippen molar-refractivity contribution in [2.45, 2.75) is 0 Å². The Morgan fingerprint density at radius 3 is 3.08 bits per heavy atom. The van der Waals surface area contributed by atoms with Crippen LogP contribution in [0.1, 0.15) is 15.9 Å². The SMILES string of the molecule is COC(=O)c1cccc2c1C=N[N]2. The summed E-state index contributed by atoms with van der Waals surface area (Å²) in [5.41, 5.74) is 5.78. The Kier molecular flexibility index (Phi) is 1.73. The predicted molar refractivity (Wildman–Crippen MR) is 47.2 cm³/mol. The average Bonchev–Trinajstić information content (AvgIpc) is 2.63. The van der Waals surface area contributed by atoms with E-state index in [1.807, 2.05) is 0 Å². The number of nitrogens with zero attached hydrogens (tertiary/aromatic N) is 2. The van der Waals surface area contributed by atoms with Crippen LogP contribution in [0.4, 0.5) is 5.69 Å². The molecule has 1 aromatic rings. The first-order chi connectivity index (χ1) is 6.33. The molecule has 0 saturated heterocycles. The maximum atomic E-state index is 11.2. The number of benzene rings is 1. The lowest BCUT2D eigenvalue weighted by atomic mass is 10.1. The van der Waals surface area contributed by atoms with Gasteiger partial charge < -0.3 is 4.74 Å². The zero-order valence-electron chi connectivity index (χ0n) is 7.02. The van der Waals surface area contributed by atoms with Gasteiger partial charge in [0.05, 0.1) is 24.6 Å². The maximum absolute atomic E-state index is 11.2. The standard InChI is InChI=1S/C9H7N2O2/c1-13-9(12)6-3-2-4-8-7(6)5-10-11-8/h2-5H,1H3. The highest BCUT2D eigenvalue weighted by atomic mass is 16.5. The third-order valence-electron chi connectivity index (χ3n) is 1.84. The molecule has 1 aliphatic rings. The number of fused-ring (bicyclic) bond motifs is 1. The Bertz CT molecular complexity index is 385. The summed E-state index contributed by atoms with van der Waals surface area (Å²) >= 11 is 0. The Hall–Kier alpha value is -1.84. The summed E-state index contributed by atoms with van der Waals surface area (Å²) in [6.07, 6.45) is 1.56. The Labute approximate surface area is 75.2 Å². The molecule has 1 aromatic carbocycles. The first kappa shape index (κ1) is 7.79. The van der Waals surface area contributed by atoms with Gasteiger partial charge in [-0.1, -0.05) is 6.07 Å². The van der Waals surface area contributed by atoms with Crippen molar-refractivity contribution in [3.05, 3.63) is 29.3 Å². The van der Waals surface area contributed by atoms with Crippen LogP contribution in [0.5, 0.6) is 0 Å². The van der Waals surface area contributed by atoms with Gasteiger partial charge in [-0.2, -0.15) is 10.5 Å². The molecule has 0 bridgehead atoms. The van der Waals surface area contributed by atoms with Crippen molar-refractivity contribution in [3.8, 4) is 0 Å². The molecule has 2 rings (SSSR count). The van der Waals surface area contributed by atoms with E-state index in [1.54, 1.807) is 24.4 Å². The first-order valence-electron chi connectivity index (χ1n) is 3.78. The molecule has 0 fully saturated rings. The van der Waals surface area contributed by atoms with E-state index in [9.17, 15) is 4.79 Å². The fourth-order valence-electron chi connectivity index (χ4n) is 1.21. The maximum Gasteiger partial charge on any atom is 0.338 e. The topological polar surface area (TPSA) is 52.8 Å². The number of carbonyl (C=O) groups excluding carboxylic acids is 1. The molecule has 4 heteroatoms. The number of rotatable bonds is 1. The van der Waals surface area contributed by atoms with Crippen LogP contribution < -0.4 is 5.43 Å². The number of methoxy groups -OCH3 is 1. The Morgan fingerprint density at radius 2 is 2.31 bits per heavy atom. The summed E-state index contributed by atoms with van der Waals surface area (Å²) in [6.45, 7) is 0. The predicted octanol–water partition coefficient (Wildman–Crippen LogP) is 1.06. The molecule has 0 aliphatic carbocycles. The number of hydrogen-bond acceptors (Lipinski definition) is 3. The number of carbonyl (C=O) groups is 1. The van der Waals surface area contributed by atoms with Crippen molar-refractivity contribution >= 4 is 17.9 Å². The van der Waals surface area contributed by atoms with Crippen LogP contribution in [-0.2, 0) is 4.74 Å². The Morgan fingerprint density at radius 1 is 1.46 bits per heavy atom. The van der Waals surface area contributed by atoms with E-state index in [0.29, 0.717) is 11.3 Å². The van der Waals surface area contributed by atoms with Gasteiger partial charge in [0.15, 0.2) is 0 Å². The highest BCUT2D eigenvalue weighted by Crippen LogP contribution is 2.22. The van der Waals surface area contributed by atoms with Crippen molar-refractivity contribution in [1.82, 2.24) is 5.43 Å². The smallest absolute Gasteiger partial charge is 0.338 e. The van der Waals surface area contributed by atoms with Gasteiger partial charge in [0.2, 0.25) is 0 Å². The third-order valence-corrected chi connectivity index (χ3v) is 1.84. The molecule has 0 saturated carbocycles. The van der Waals surface area contributed by atoms with Gasteiger partial charge in [-0.05, 0) is 12.1 Å². The quantitative estimate of drug-likeness (QED) is 0.599. The van der Waals surface area contributed by atoms with E-state index in [0.717, 1.165) is 5.56 Å². The highest BCUT2D eigenvalue weighted by Gasteiger charge is 2.17. The van der Waals surface area contributed by atoms with E-state index in [2.05, 4.69) is 15.3 Å². The summed E-state index contributed by atoms with van der Waals surface area (Å²) < 4.78 is 4.62. The van der Waals surface area contributed by atoms with Crippen LogP contribution in [0.3, 0.4) is 0 Å². The number of hydrogen-bond donors (Lipinski definition) is 0. The number of ether oxygens (including phenoxy) is 1. The van der Waals surface area contributed by atoms with E-state index in [4.69, 9.17) is 0 Å². The molecule has 4 nitrogen and oxygen atoms in total. The normalized spacial score (nSPS) is 12.1. The second-order valence-corrected chi connectivity index (χ2v) is 2.57. The molecule has 1 aliphatic heterocycles. The summed E-state index contributed by atoms with van der Waals surface area (Å²) in [4.78, 5) is 11.2. The summed E-state index contributed by atoms with van der Waals surface area (Å²) in [5.74, 6) is -0.361. The van der Waals surface area contributed by atoms with Crippen LogP contribution in [0.15, 0.2) is 23.3 Å². The molecule has 0 unspecified atom stereocenters. The largest absolute Gasteiger partial charge is 0.465 e. The van der Waals surface area contributed by atoms with E-state index < -0.39 is 0 Å². The summed E-state index contributed by atoms with van der Waals surface area (Å²) in [5, 5.41) is 3.72. The summed E-state index contributed by atoms with van der Waals surface area (Å²) in [7, 11) is 1.35. The molecule has 1 heterocycles. The minimum absolute atomic E-state index is 0.361. The fraction of sp³-hybridized carbons (Fsp3) is 0.111. The monoisotopic (exact) mass is 175 g/mol. The second kappa shape index (κ2) is 2.90. The van der Waals surface area contributed by atoms with Crippen LogP contribution >= 0.6 is 0 Å². The zero-order valence-corrected chi connectivity index (χ0v) is 7.02. The number of esters is 1. The van der Waals surface area contributed by atoms with Crippen molar-refractivity contribution in [3.63, 3.8) is 0 Å². The molecule has 0 atom stereocenters. The first-order valence-corrected chi connectivity index (χ1v) is 3.78. The lowest BCUT2D eigenvalue weighted by Crippen LogP contribution is -2.04. The molecule has 0 N–H and O–H groups in total. The summed E-state index contributed by atoms with van der Waals surface area (Å²) in [6, 6.07) is 5.25. The van der Waals surface area contributed by atoms with Gasteiger partial charge in [-0.15, -0.1) is 0 Å². The molecule has 0 aromatic heterocycles. The van der Waals surface area contributed by atoms with Crippen LogP contribution in [0, 0.1) is 0 Å². The van der Waals surface area contributed by atoms with Crippen molar-refractivity contribution < 1.29 is 9.53 Å². The molecular weight excluding hydrogens is 168 g/mol. The lowest BCUT2D eigenvalue weighted by molar-refractivity contribution is 0.0600. The molecular formula is C9H7N2O2. The van der Waals surface area contributed by atoms with E-state index >= 15 is 0 Å². The van der Waals surface area contributed by atoms with Crippen LogP contribution in [0.25, 0.3) is 0 Å². The van der Waals surface area contributed by atoms with Gasteiger partial charge in [0.25, 0.3) is 0 Å². The zero-order chi connectivity index (χ0) is 9.26. The van der Waals surface area contributed by atoms with Crippen molar-refractivity contribution in [1.29, 1.82) is 0 Å². The van der Waals surface area contributed by atoms with Gasteiger partial charge in [-0.3, -0.25) is 0 Å². The lowest BCUT2D eigenvalue weighted by Gasteiger charge is -2.02. The Balaban J connectivity index is 2.52. The van der Waals surface area contributed by atoms with E-state index in [-0.39, 0.29) is 5.97 Å². The van der Waals surface area contributed by atoms with Gasteiger partial charge in [0, 0.05) is 5.56 Å². The average molecular weight is 175 g/mol. The molecule has 0 spiro atoms. The molecule has 65 valence electrons. The van der Waals surface area contributed by atoms with Gasteiger partial charge >= 0.3 is 5.97 Å².